The summed E-state index contributed by atoms with van der Waals surface area (Å²) in [7, 11) is 1.62. The first-order valence-electron chi connectivity index (χ1n) is 17.0. The van der Waals surface area contributed by atoms with Crippen molar-refractivity contribution in [2.75, 3.05) is 20.1 Å². The maximum atomic E-state index is 14.4. The summed E-state index contributed by atoms with van der Waals surface area (Å²) in [6.07, 6.45) is 4.90. The van der Waals surface area contributed by atoms with Gasteiger partial charge in [-0.15, -0.1) is 0 Å². The number of benzene rings is 3. The largest absolute Gasteiger partial charge is 0.361 e. The van der Waals surface area contributed by atoms with Gasteiger partial charge in [0.15, 0.2) is 0 Å². The molecule has 1 aromatic heterocycles. The fraction of sp³-hybridized carbons (Fsp3) is 0.378. The van der Waals surface area contributed by atoms with E-state index in [2.05, 4.69) is 20.9 Å². The monoisotopic (exact) mass is 737 g/mol. The highest BCUT2D eigenvalue weighted by Gasteiger charge is 2.34. The van der Waals surface area contributed by atoms with E-state index in [0.717, 1.165) is 31.8 Å². The van der Waals surface area contributed by atoms with Crippen LogP contribution in [0.3, 0.4) is 0 Å². The number of aromatic nitrogens is 1. The predicted octanol–water partition coefficient (Wildman–Crippen LogP) is 5.14. The van der Waals surface area contributed by atoms with Crippen molar-refractivity contribution in [2.24, 2.45) is 11.5 Å². The Morgan fingerprint density at radius 1 is 0.840 bits per heavy atom. The second-order valence-corrected chi connectivity index (χ2v) is 14.4. The zero-order valence-electron chi connectivity index (χ0n) is 28.1. The fourth-order valence-electron chi connectivity index (χ4n) is 6.21. The lowest BCUT2D eigenvalue weighted by Crippen LogP contribution is -2.57. The minimum absolute atomic E-state index is 0.0885. The summed E-state index contributed by atoms with van der Waals surface area (Å²) in [5.74, 6) is -1.02. The SMILES string of the molecule is CN1C(=O)C(CCCCN)NC(=O)C(CCCN)NCc2ccccc2Sc2ccc(Cl)c(Cl)c2CNC(=O)C1Cc1c[nH]c2ccccc12. The number of carbonyl (C=O) groups is 3. The molecule has 0 bridgehead atoms. The molecule has 0 saturated carbocycles. The molecule has 50 heavy (non-hydrogen) atoms. The van der Waals surface area contributed by atoms with E-state index < -0.39 is 18.1 Å². The molecule has 0 aliphatic carbocycles. The Morgan fingerprint density at radius 3 is 2.38 bits per heavy atom. The van der Waals surface area contributed by atoms with E-state index in [-0.39, 0.29) is 30.7 Å². The maximum Gasteiger partial charge on any atom is 0.245 e. The molecule has 1 aliphatic heterocycles. The van der Waals surface area contributed by atoms with Gasteiger partial charge < -0.3 is 37.3 Å². The molecule has 0 spiro atoms. The van der Waals surface area contributed by atoms with E-state index in [4.69, 9.17) is 34.7 Å². The summed E-state index contributed by atoms with van der Waals surface area (Å²) >= 11 is 14.8. The molecule has 8 N–H and O–H groups in total. The summed E-state index contributed by atoms with van der Waals surface area (Å²) in [4.78, 5) is 49.1. The fourth-order valence-corrected chi connectivity index (χ4v) is 7.77. The Hall–Kier alpha value is -3.58. The molecule has 3 atom stereocenters. The highest BCUT2D eigenvalue weighted by molar-refractivity contribution is 7.99. The zero-order chi connectivity index (χ0) is 35.6. The number of hydrogen-bond acceptors (Lipinski definition) is 7. The molecule has 0 saturated heterocycles. The molecular weight excluding hydrogens is 693 g/mol. The van der Waals surface area contributed by atoms with Gasteiger partial charge in [-0.2, -0.15) is 0 Å². The number of likely N-dealkylation sites (N-methyl/N-ethyl adjacent to an activating group) is 1. The minimum Gasteiger partial charge on any atom is -0.361 e. The molecule has 1 aliphatic rings. The number of carbonyl (C=O) groups excluding carboxylic acids is 3. The topological polar surface area (TPSA) is 158 Å². The molecule has 4 aromatic rings. The highest BCUT2D eigenvalue weighted by Crippen LogP contribution is 2.38. The van der Waals surface area contributed by atoms with Crippen LogP contribution in [-0.4, -0.2) is 65.9 Å². The molecule has 2 heterocycles. The minimum atomic E-state index is -0.910. The molecule has 3 unspecified atom stereocenters. The third kappa shape index (κ3) is 9.20. The van der Waals surface area contributed by atoms with Gasteiger partial charge in [0, 0.05) is 59.0 Å². The average molecular weight is 739 g/mol. The van der Waals surface area contributed by atoms with Crippen LogP contribution in [0.5, 0.6) is 0 Å². The van der Waals surface area contributed by atoms with Crippen molar-refractivity contribution in [2.45, 2.75) is 79.5 Å². The van der Waals surface area contributed by atoms with Crippen LogP contribution in [-0.2, 0) is 33.9 Å². The van der Waals surface area contributed by atoms with Gasteiger partial charge in [0.25, 0.3) is 0 Å². The number of H-pyrrole nitrogens is 1. The van der Waals surface area contributed by atoms with Crippen molar-refractivity contribution in [3.05, 3.63) is 93.6 Å². The van der Waals surface area contributed by atoms with Gasteiger partial charge in [-0.3, -0.25) is 14.4 Å². The summed E-state index contributed by atoms with van der Waals surface area (Å²) < 4.78 is 0. The molecule has 3 aromatic carbocycles. The van der Waals surface area contributed by atoms with E-state index in [1.54, 1.807) is 13.1 Å². The third-order valence-corrected chi connectivity index (χ3v) is 11.2. The van der Waals surface area contributed by atoms with Gasteiger partial charge in [0.1, 0.15) is 12.1 Å². The smallest absolute Gasteiger partial charge is 0.245 e. The average Bonchev–Trinajstić information content (AvgIpc) is 3.53. The molecule has 3 amide bonds. The number of nitrogens with one attached hydrogen (secondary N) is 4. The molecule has 266 valence electrons. The van der Waals surface area contributed by atoms with Crippen molar-refractivity contribution < 1.29 is 14.4 Å². The number of para-hydroxylation sites is 1. The van der Waals surface area contributed by atoms with E-state index in [1.807, 2.05) is 60.8 Å². The Bertz CT molecular complexity index is 1800. The van der Waals surface area contributed by atoms with Gasteiger partial charge in [0.05, 0.1) is 16.1 Å². The predicted molar refractivity (Wildman–Crippen MR) is 201 cm³/mol. The van der Waals surface area contributed by atoms with Crippen molar-refractivity contribution >= 4 is 63.6 Å². The van der Waals surface area contributed by atoms with Crippen LogP contribution in [0.15, 0.2) is 76.7 Å². The number of nitrogens with zero attached hydrogens (tertiary/aromatic N) is 1. The first-order valence-corrected chi connectivity index (χ1v) is 18.5. The molecular formula is C37H45Cl2N7O3S. The van der Waals surface area contributed by atoms with Crippen LogP contribution in [0.1, 0.15) is 48.8 Å². The van der Waals surface area contributed by atoms with E-state index in [9.17, 15) is 14.4 Å². The normalized spacial score (nSPS) is 19.4. The lowest BCUT2D eigenvalue weighted by molar-refractivity contribution is -0.142. The van der Waals surface area contributed by atoms with Crippen LogP contribution < -0.4 is 27.4 Å². The number of halogens is 2. The third-order valence-electron chi connectivity index (χ3n) is 9.10. The molecule has 0 fully saturated rings. The van der Waals surface area contributed by atoms with Crippen LogP contribution in [0, 0.1) is 0 Å². The van der Waals surface area contributed by atoms with Gasteiger partial charge >= 0.3 is 0 Å². The number of unbranched alkanes of at least 4 members (excludes halogenated alkanes) is 1. The zero-order valence-corrected chi connectivity index (χ0v) is 30.5. The van der Waals surface area contributed by atoms with Crippen LogP contribution in [0.25, 0.3) is 10.9 Å². The number of amides is 3. The summed E-state index contributed by atoms with van der Waals surface area (Å²) in [6, 6.07) is 17.0. The molecule has 5 rings (SSSR count). The Labute approximate surface area is 307 Å². The number of nitrogens with two attached hydrogens (primary N) is 2. The lowest BCUT2D eigenvalue weighted by atomic mass is 10.0. The van der Waals surface area contributed by atoms with Crippen LogP contribution in [0.2, 0.25) is 10.0 Å². The Balaban J connectivity index is 1.57. The first-order chi connectivity index (χ1) is 24.2. The lowest BCUT2D eigenvalue weighted by Gasteiger charge is -2.32. The van der Waals surface area contributed by atoms with Crippen molar-refractivity contribution in [3.8, 4) is 0 Å². The van der Waals surface area contributed by atoms with E-state index in [0.29, 0.717) is 67.3 Å². The Morgan fingerprint density at radius 2 is 1.58 bits per heavy atom. The van der Waals surface area contributed by atoms with Crippen molar-refractivity contribution in [3.63, 3.8) is 0 Å². The second-order valence-electron chi connectivity index (χ2n) is 12.5. The Kier molecular flexibility index (Phi) is 13.6. The van der Waals surface area contributed by atoms with Gasteiger partial charge in [-0.1, -0.05) is 71.4 Å². The number of hydrogen-bond donors (Lipinski definition) is 6. The second kappa shape index (κ2) is 18.1. The standard InChI is InChI=1S/C37H45Cl2N7O3S/c1-46-31(19-24-21-42-28-11-4-3-10-25(24)28)36(48)44-22-26-33(16-15-27(38)34(26)39)50-32-14-5-2-9-23(32)20-43-29(13-8-18-41)35(47)45-30(37(46)49)12-6-7-17-40/h2-5,9-11,14-16,21,29-31,42-43H,6-8,12-13,17-20,22,40-41H2,1H3,(H,44,48)(H,45,47). The molecule has 13 heteroatoms. The maximum absolute atomic E-state index is 14.4. The number of aromatic amines is 1. The summed E-state index contributed by atoms with van der Waals surface area (Å²) in [6.45, 7) is 1.37. The quantitative estimate of drug-likeness (QED) is 0.130. The van der Waals surface area contributed by atoms with Crippen molar-refractivity contribution in [1.82, 2.24) is 25.8 Å². The number of rotatable bonds is 9. The van der Waals surface area contributed by atoms with Crippen molar-refractivity contribution in [1.29, 1.82) is 0 Å². The number of fused-ring (bicyclic) bond motifs is 3. The van der Waals surface area contributed by atoms with Gasteiger partial charge in [0.2, 0.25) is 17.7 Å². The van der Waals surface area contributed by atoms with Crippen LogP contribution >= 0.6 is 35.0 Å². The summed E-state index contributed by atoms with van der Waals surface area (Å²) in [5, 5.41) is 11.2. The van der Waals surface area contributed by atoms with E-state index >= 15 is 0 Å². The molecule has 0 radical (unpaired) electrons. The van der Waals surface area contributed by atoms with Crippen LogP contribution in [0.4, 0.5) is 0 Å². The van der Waals surface area contributed by atoms with E-state index in [1.165, 1.54) is 16.7 Å². The van der Waals surface area contributed by atoms with Gasteiger partial charge in [-0.25, -0.2) is 0 Å². The highest BCUT2D eigenvalue weighted by atomic mass is 35.5. The molecule has 10 nitrogen and oxygen atoms in total. The first kappa shape index (κ1) is 37.7. The van der Waals surface area contributed by atoms with Gasteiger partial charge in [-0.05, 0) is 80.6 Å². The summed E-state index contributed by atoms with van der Waals surface area (Å²) in [5.41, 5.74) is 15.1.